The molecule has 3 aromatic rings. The van der Waals surface area contributed by atoms with Gasteiger partial charge in [0, 0.05) is 54.5 Å². The van der Waals surface area contributed by atoms with Crippen LogP contribution in [0.4, 0.5) is 0 Å². The molecule has 7 heteroatoms. The quantitative estimate of drug-likeness (QED) is 0.0437. The summed E-state index contributed by atoms with van der Waals surface area (Å²) in [7, 11) is 0. The maximum atomic E-state index is 14.1. The Labute approximate surface area is 843 Å². The van der Waals surface area contributed by atoms with Gasteiger partial charge in [0.2, 0.25) is 11.8 Å². The standard InChI is InChI=1S/C126H226N2O2S3/c1-9-17-25-33-41-49-57-59-61-63-71-79-87-95-111-127-125(129)109-107-123-117(101-93-85-77-69-55-47-39-31-23-15-7)115(99-91-83-75-67-53-45-37-29-21-13-5)121(132-123)105-103-119-113(97-89-81-73-65-51-43-35-27-19-11-3)114(98-90-82-74-66-52-44-36-28-20-12-4)120(131-119)104-106-122-116(100-92-84-76-68-54-46-38-30-22-14-6)118(102-94-86-78-70-56-48-40-32-24-16-8)124(133-122)108-110-126(130)128-112-96-88-80-72-64-62-60-58-50-42-34-26-18-10-2/h103-110H,9-102,111-112H2,1-8H3,(H,127,129)(H,128,130)/b105-103+,106-104+,109-107+,110-108+. The van der Waals surface area contributed by atoms with E-state index in [0.29, 0.717) is 0 Å². The van der Waals surface area contributed by atoms with Crippen molar-refractivity contribution in [1.82, 2.24) is 10.6 Å². The number of nitrogens with one attached hydrogen (secondary N) is 2. The number of unbranched alkanes of at least 4 members (excludes halogenated alkanes) is 80. The van der Waals surface area contributed by atoms with Gasteiger partial charge in [-0.05, 0) is 160 Å². The summed E-state index contributed by atoms with van der Waals surface area (Å²) in [5.41, 5.74) is 9.56. The van der Waals surface area contributed by atoms with E-state index in [1.807, 2.05) is 34.8 Å². The molecule has 770 valence electrons. The summed E-state index contributed by atoms with van der Waals surface area (Å²) >= 11 is 6.13. The molecule has 0 saturated carbocycles. The van der Waals surface area contributed by atoms with Gasteiger partial charge in [0.15, 0.2) is 0 Å². The molecule has 0 aliphatic carbocycles. The molecule has 0 radical (unpaired) electrons. The van der Waals surface area contributed by atoms with Crippen molar-refractivity contribution < 1.29 is 9.59 Å². The van der Waals surface area contributed by atoms with Crippen LogP contribution in [-0.2, 0) is 48.1 Å². The fourth-order valence-corrected chi connectivity index (χ4v) is 24.2. The molecule has 4 nitrogen and oxygen atoms in total. The van der Waals surface area contributed by atoms with Gasteiger partial charge >= 0.3 is 0 Å². The first-order valence-electron chi connectivity index (χ1n) is 60.5. The SMILES string of the molecule is CCCCCCCCCCCCCCCCNC(=O)/C=C/c1sc(/C=C/c2sc(/C=C/c3sc(/C=C/C(=O)NCCCCCCCCCCCCCCCC)c(CCCCCCCCCCCC)c3CCCCCCCCCCCC)c(CCCCCCCCCCCC)c2CCCCCCCCCCCC)c(CCCCCCCCCCCC)c1CCCCCCCCCCCC. The van der Waals surface area contributed by atoms with Crippen LogP contribution >= 0.6 is 34.0 Å². The third-order valence-corrected chi connectivity index (χ3v) is 33.0. The van der Waals surface area contributed by atoms with Crippen LogP contribution in [0, 0.1) is 0 Å². The van der Waals surface area contributed by atoms with Crippen LogP contribution in [0.1, 0.15) is 683 Å². The molecule has 0 saturated heterocycles. The van der Waals surface area contributed by atoms with Crippen molar-refractivity contribution in [3.63, 3.8) is 0 Å². The van der Waals surface area contributed by atoms with E-state index >= 15 is 0 Å². The molecule has 3 heterocycles. The fraction of sp³-hybridized carbons (Fsp3) is 0.825. The summed E-state index contributed by atoms with van der Waals surface area (Å²) in [6.45, 7) is 20.2. The molecule has 0 bridgehead atoms. The van der Waals surface area contributed by atoms with Gasteiger partial charge in [-0.3, -0.25) is 9.59 Å². The lowest BCUT2D eigenvalue weighted by molar-refractivity contribution is -0.117. The lowest BCUT2D eigenvalue weighted by atomic mass is 9.94. The average molecular weight is 1900 g/mol. The lowest BCUT2D eigenvalue weighted by Gasteiger charge is -2.10. The average Bonchev–Trinajstić information content (AvgIpc) is 1.65. The minimum absolute atomic E-state index is 0.0756. The van der Waals surface area contributed by atoms with Gasteiger partial charge in [-0.1, -0.05) is 569 Å². The van der Waals surface area contributed by atoms with Crippen molar-refractivity contribution in [2.24, 2.45) is 0 Å². The van der Waals surface area contributed by atoms with E-state index in [0.717, 1.165) is 64.5 Å². The van der Waals surface area contributed by atoms with Gasteiger partial charge in [0.05, 0.1) is 0 Å². The first kappa shape index (κ1) is 124. The third kappa shape index (κ3) is 71.2. The van der Waals surface area contributed by atoms with Gasteiger partial charge in [-0.2, -0.15) is 0 Å². The highest BCUT2D eigenvalue weighted by Crippen LogP contribution is 2.41. The number of thiophene rings is 3. The van der Waals surface area contributed by atoms with Gasteiger partial charge < -0.3 is 10.6 Å². The highest BCUT2D eigenvalue weighted by Gasteiger charge is 2.22. The van der Waals surface area contributed by atoms with E-state index in [4.69, 9.17) is 0 Å². The number of carbonyl (C=O) groups is 2. The van der Waals surface area contributed by atoms with Crippen molar-refractivity contribution >= 4 is 82.3 Å². The summed E-state index contributed by atoms with van der Waals surface area (Å²) in [4.78, 5) is 36.7. The Balaban J connectivity index is 2.30. The molecule has 2 N–H and O–H groups in total. The highest BCUT2D eigenvalue weighted by molar-refractivity contribution is 7.15. The molecule has 0 aliphatic rings. The Morgan fingerprint density at radius 1 is 0.158 bits per heavy atom. The number of hydrogen-bond acceptors (Lipinski definition) is 5. The summed E-state index contributed by atoms with van der Waals surface area (Å²) in [6, 6.07) is 0. The van der Waals surface area contributed by atoms with Gasteiger partial charge in [0.25, 0.3) is 0 Å². The molecule has 2 amide bonds. The van der Waals surface area contributed by atoms with Crippen LogP contribution in [0.15, 0.2) is 12.2 Å². The third-order valence-electron chi connectivity index (χ3n) is 29.4. The van der Waals surface area contributed by atoms with Crippen molar-refractivity contribution in [2.45, 2.75) is 659 Å². The second-order valence-corrected chi connectivity index (χ2v) is 45.3. The maximum absolute atomic E-state index is 14.1. The van der Waals surface area contributed by atoms with Gasteiger partial charge in [0.1, 0.15) is 0 Å². The van der Waals surface area contributed by atoms with Crippen LogP contribution < -0.4 is 10.6 Å². The Kier molecular flexibility index (Phi) is 90.1. The van der Waals surface area contributed by atoms with Crippen LogP contribution in [0.2, 0.25) is 0 Å². The molecule has 0 aromatic carbocycles. The maximum Gasteiger partial charge on any atom is 0.244 e. The van der Waals surface area contributed by atoms with E-state index in [-0.39, 0.29) is 11.8 Å². The molecular weight excluding hydrogens is 1670 g/mol. The monoisotopic (exact) mass is 1900 g/mol. The molecule has 0 fully saturated rings. The predicted molar refractivity (Wildman–Crippen MR) is 609 cm³/mol. The summed E-state index contributed by atoms with van der Waals surface area (Å²) in [6.07, 6.45) is 144. The van der Waals surface area contributed by atoms with Crippen molar-refractivity contribution in [3.05, 3.63) is 74.8 Å². The van der Waals surface area contributed by atoms with Gasteiger partial charge in [-0.15, -0.1) is 34.0 Å². The Bertz CT molecular complexity index is 2930. The number of carbonyl (C=O) groups excluding carboxylic acids is 2. The van der Waals surface area contributed by atoms with Crippen LogP contribution in [-0.4, -0.2) is 24.9 Å². The van der Waals surface area contributed by atoms with E-state index < -0.39 is 0 Å². The number of hydrogen-bond donors (Lipinski definition) is 2. The second kappa shape index (κ2) is 96.5. The molecule has 0 atom stereocenters. The summed E-state index contributed by atoms with van der Waals surface area (Å²) in [5, 5.41) is 6.76. The van der Waals surface area contributed by atoms with Crippen LogP contribution in [0.25, 0.3) is 36.5 Å². The summed E-state index contributed by atoms with van der Waals surface area (Å²) in [5.74, 6) is 0.151. The second-order valence-electron chi connectivity index (χ2n) is 42.1. The minimum atomic E-state index is 0.0756. The number of rotatable bonds is 104. The smallest absolute Gasteiger partial charge is 0.244 e. The molecule has 0 spiro atoms. The first-order chi connectivity index (χ1) is 65.8. The number of amides is 2. The Morgan fingerprint density at radius 2 is 0.271 bits per heavy atom. The first-order valence-corrected chi connectivity index (χ1v) is 63.0. The zero-order valence-corrected chi connectivity index (χ0v) is 93.0. The minimum Gasteiger partial charge on any atom is -0.353 e. The molecule has 3 aromatic heterocycles. The van der Waals surface area contributed by atoms with Crippen LogP contribution in [0.5, 0.6) is 0 Å². The van der Waals surface area contributed by atoms with Crippen molar-refractivity contribution in [2.75, 3.05) is 13.1 Å². The molecule has 133 heavy (non-hydrogen) atoms. The molecule has 3 rings (SSSR count). The van der Waals surface area contributed by atoms with E-state index in [1.54, 1.807) is 33.4 Å². The lowest BCUT2D eigenvalue weighted by Crippen LogP contribution is -2.21. The van der Waals surface area contributed by atoms with Crippen molar-refractivity contribution in [3.8, 4) is 0 Å². The zero-order valence-electron chi connectivity index (χ0n) is 90.5. The van der Waals surface area contributed by atoms with E-state index in [2.05, 4.69) is 114 Å². The molecular formula is C126H226N2O2S3. The fourth-order valence-electron chi connectivity index (χ4n) is 20.6. The molecule has 0 aliphatic heterocycles. The molecule has 0 unspecified atom stereocenters. The van der Waals surface area contributed by atoms with Crippen molar-refractivity contribution in [1.29, 1.82) is 0 Å². The van der Waals surface area contributed by atoms with E-state index in [1.165, 1.54) is 581 Å². The van der Waals surface area contributed by atoms with E-state index in [9.17, 15) is 9.59 Å². The Morgan fingerprint density at radius 3 is 0.406 bits per heavy atom. The zero-order chi connectivity index (χ0) is 95.2. The largest absolute Gasteiger partial charge is 0.353 e. The highest BCUT2D eigenvalue weighted by atomic mass is 32.1. The predicted octanol–water partition coefficient (Wildman–Crippen LogP) is 44.2. The van der Waals surface area contributed by atoms with Crippen LogP contribution in [0.3, 0.4) is 0 Å². The van der Waals surface area contributed by atoms with Gasteiger partial charge in [-0.25, -0.2) is 0 Å². The summed E-state index contributed by atoms with van der Waals surface area (Å²) < 4.78 is 0. The normalized spacial score (nSPS) is 12.0. The topological polar surface area (TPSA) is 58.2 Å². The Hall–Kier alpha value is -3.00.